The first kappa shape index (κ1) is 14.3. The summed E-state index contributed by atoms with van der Waals surface area (Å²) in [6.45, 7) is 1.38. The predicted octanol–water partition coefficient (Wildman–Crippen LogP) is 2.23. The largest absolute Gasteiger partial charge is 0.345 e. The van der Waals surface area contributed by atoms with E-state index < -0.39 is 0 Å². The lowest BCUT2D eigenvalue weighted by Crippen LogP contribution is -2.39. The van der Waals surface area contributed by atoms with Gasteiger partial charge >= 0.3 is 0 Å². The van der Waals surface area contributed by atoms with Crippen molar-refractivity contribution in [3.63, 3.8) is 0 Å². The molecule has 3 rings (SSSR count). The second-order valence-corrected chi connectivity index (χ2v) is 6.77. The predicted molar refractivity (Wildman–Crippen MR) is 83.8 cm³/mol. The van der Waals surface area contributed by atoms with Crippen molar-refractivity contribution in [2.75, 3.05) is 20.1 Å². The molecule has 2 saturated heterocycles. The van der Waals surface area contributed by atoms with E-state index in [1.165, 1.54) is 4.88 Å². The second kappa shape index (κ2) is 6.02. The normalized spacial score (nSPS) is 26.2. The third-order valence-electron chi connectivity index (χ3n) is 4.30. The van der Waals surface area contributed by atoms with Gasteiger partial charge in [0.25, 0.3) is 0 Å². The average molecular weight is 304 g/mol. The number of likely N-dealkylation sites (tertiary alicyclic amines) is 2. The lowest BCUT2D eigenvalue weighted by Gasteiger charge is -2.25. The van der Waals surface area contributed by atoms with Gasteiger partial charge in [0, 0.05) is 31.4 Å². The van der Waals surface area contributed by atoms with Crippen LogP contribution in [0.3, 0.4) is 0 Å². The number of amides is 2. The summed E-state index contributed by atoms with van der Waals surface area (Å²) in [6, 6.07) is 4.29. The molecule has 2 fully saturated rings. The van der Waals surface area contributed by atoms with Gasteiger partial charge in [-0.2, -0.15) is 0 Å². The van der Waals surface area contributed by atoms with Crippen LogP contribution < -0.4 is 0 Å². The molecule has 1 aromatic rings. The summed E-state index contributed by atoms with van der Waals surface area (Å²) in [6.07, 6.45) is 6.67. The lowest BCUT2D eigenvalue weighted by molar-refractivity contribution is -0.135. The fraction of sp³-hybridized carbons (Fsp3) is 0.500. The number of hydrogen-bond donors (Lipinski definition) is 0. The third kappa shape index (κ3) is 3.02. The van der Waals surface area contributed by atoms with Crippen molar-refractivity contribution < 1.29 is 9.59 Å². The van der Waals surface area contributed by atoms with Crippen molar-refractivity contribution in [3.05, 3.63) is 28.5 Å². The summed E-state index contributed by atoms with van der Waals surface area (Å²) in [7, 11) is 1.77. The molecule has 0 radical (unpaired) electrons. The Balaban J connectivity index is 1.66. The topological polar surface area (TPSA) is 40.6 Å². The number of carbonyl (C=O) groups excluding carboxylic acids is 2. The highest BCUT2D eigenvalue weighted by atomic mass is 32.1. The smallest absolute Gasteiger partial charge is 0.228 e. The van der Waals surface area contributed by atoms with Crippen LogP contribution in [0.2, 0.25) is 0 Å². The van der Waals surface area contributed by atoms with E-state index in [1.807, 2.05) is 11.0 Å². The SMILES string of the molecule is CN1CC(C(=O)N2CCCC2/C=C/c2cccs2)CC1=O. The monoisotopic (exact) mass is 304 g/mol. The third-order valence-corrected chi connectivity index (χ3v) is 5.14. The van der Waals surface area contributed by atoms with Gasteiger partial charge in [-0.05, 0) is 30.4 Å². The Kier molecular flexibility index (Phi) is 4.10. The molecule has 1 aromatic heterocycles. The minimum absolute atomic E-state index is 0.0817. The molecule has 2 aliphatic heterocycles. The van der Waals surface area contributed by atoms with Crippen LogP contribution in [0.25, 0.3) is 6.08 Å². The maximum absolute atomic E-state index is 12.6. The number of nitrogens with zero attached hydrogens (tertiary/aromatic N) is 2. The number of hydrogen-bond acceptors (Lipinski definition) is 3. The van der Waals surface area contributed by atoms with Gasteiger partial charge < -0.3 is 9.80 Å². The van der Waals surface area contributed by atoms with Crippen molar-refractivity contribution in [1.29, 1.82) is 0 Å². The molecule has 5 heteroatoms. The van der Waals surface area contributed by atoms with Crippen molar-refractivity contribution >= 4 is 29.2 Å². The van der Waals surface area contributed by atoms with Gasteiger partial charge in [0.2, 0.25) is 11.8 Å². The van der Waals surface area contributed by atoms with Crippen LogP contribution in [0.1, 0.15) is 24.1 Å². The molecule has 0 aromatic carbocycles. The fourth-order valence-electron chi connectivity index (χ4n) is 3.12. The van der Waals surface area contributed by atoms with Crippen LogP contribution >= 0.6 is 11.3 Å². The summed E-state index contributed by atoms with van der Waals surface area (Å²) >= 11 is 1.70. The van der Waals surface area contributed by atoms with E-state index in [9.17, 15) is 9.59 Å². The molecule has 4 nitrogen and oxygen atoms in total. The van der Waals surface area contributed by atoms with Crippen LogP contribution in [-0.2, 0) is 9.59 Å². The second-order valence-electron chi connectivity index (χ2n) is 5.79. The Hall–Kier alpha value is -1.62. The van der Waals surface area contributed by atoms with Crippen LogP contribution in [0.15, 0.2) is 23.6 Å². The van der Waals surface area contributed by atoms with E-state index in [1.54, 1.807) is 23.3 Å². The highest BCUT2D eigenvalue weighted by Gasteiger charge is 2.37. The molecule has 2 unspecified atom stereocenters. The molecule has 2 atom stereocenters. The first-order chi connectivity index (χ1) is 10.1. The van der Waals surface area contributed by atoms with E-state index in [0.29, 0.717) is 13.0 Å². The molecule has 0 saturated carbocycles. The van der Waals surface area contributed by atoms with Gasteiger partial charge in [-0.3, -0.25) is 9.59 Å². The molecule has 0 spiro atoms. The average Bonchev–Trinajstić information content (AvgIpc) is 3.18. The van der Waals surface area contributed by atoms with Gasteiger partial charge in [0.05, 0.1) is 12.0 Å². The molecule has 0 aliphatic carbocycles. The lowest BCUT2D eigenvalue weighted by atomic mass is 10.1. The fourth-order valence-corrected chi connectivity index (χ4v) is 3.75. The van der Waals surface area contributed by atoms with E-state index >= 15 is 0 Å². The van der Waals surface area contributed by atoms with Crippen molar-refractivity contribution in [3.8, 4) is 0 Å². The highest BCUT2D eigenvalue weighted by Crippen LogP contribution is 2.26. The van der Waals surface area contributed by atoms with E-state index in [2.05, 4.69) is 23.6 Å². The molecule has 2 amide bonds. The van der Waals surface area contributed by atoms with Crippen molar-refractivity contribution in [2.24, 2.45) is 5.92 Å². The van der Waals surface area contributed by atoms with Crippen molar-refractivity contribution in [2.45, 2.75) is 25.3 Å². The zero-order valence-corrected chi connectivity index (χ0v) is 13.0. The van der Waals surface area contributed by atoms with Gasteiger partial charge in [0.15, 0.2) is 0 Å². The number of carbonyl (C=O) groups is 2. The van der Waals surface area contributed by atoms with Crippen LogP contribution in [0, 0.1) is 5.92 Å². The number of rotatable bonds is 3. The molecule has 0 bridgehead atoms. The maximum Gasteiger partial charge on any atom is 0.228 e. The molecular formula is C16H20N2O2S. The quantitative estimate of drug-likeness (QED) is 0.859. The molecule has 112 valence electrons. The summed E-state index contributed by atoms with van der Waals surface area (Å²) in [5, 5.41) is 2.05. The summed E-state index contributed by atoms with van der Waals surface area (Å²) < 4.78 is 0. The van der Waals surface area contributed by atoms with E-state index in [0.717, 1.165) is 19.4 Å². The minimum Gasteiger partial charge on any atom is -0.345 e. The van der Waals surface area contributed by atoms with Crippen LogP contribution in [0.4, 0.5) is 0 Å². The van der Waals surface area contributed by atoms with Gasteiger partial charge in [-0.25, -0.2) is 0 Å². The van der Waals surface area contributed by atoms with E-state index in [4.69, 9.17) is 0 Å². The summed E-state index contributed by atoms with van der Waals surface area (Å²) in [5.74, 6) is 0.0718. The summed E-state index contributed by atoms with van der Waals surface area (Å²) in [5.41, 5.74) is 0. The molecule has 0 N–H and O–H groups in total. The standard InChI is InChI=1S/C16H20N2O2S/c1-17-11-12(10-15(17)19)16(20)18-8-2-4-13(18)6-7-14-5-3-9-21-14/h3,5-7,9,12-13H,2,4,8,10-11H2,1H3/b7-6+. The van der Waals surface area contributed by atoms with E-state index in [-0.39, 0.29) is 23.8 Å². The molecule has 21 heavy (non-hydrogen) atoms. The van der Waals surface area contributed by atoms with Gasteiger partial charge in [-0.15, -0.1) is 11.3 Å². The Labute approximate surface area is 129 Å². The first-order valence-electron chi connectivity index (χ1n) is 7.41. The molecule has 3 heterocycles. The Morgan fingerprint density at radius 1 is 1.48 bits per heavy atom. The molecular weight excluding hydrogens is 284 g/mol. The maximum atomic E-state index is 12.6. The highest BCUT2D eigenvalue weighted by molar-refractivity contribution is 7.10. The summed E-state index contributed by atoms with van der Waals surface area (Å²) in [4.78, 5) is 29.1. The number of thiophene rings is 1. The molecule has 2 aliphatic rings. The first-order valence-corrected chi connectivity index (χ1v) is 8.29. The zero-order valence-electron chi connectivity index (χ0n) is 12.2. The van der Waals surface area contributed by atoms with Gasteiger partial charge in [-0.1, -0.05) is 12.1 Å². The van der Waals surface area contributed by atoms with Crippen molar-refractivity contribution in [1.82, 2.24) is 9.80 Å². The minimum atomic E-state index is -0.154. The Morgan fingerprint density at radius 2 is 2.33 bits per heavy atom. The van der Waals surface area contributed by atoms with Gasteiger partial charge in [0.1, 0.15) is 0 Å². The van der Waals surface area contributed by atoms with Crippen LogP contribution in [0.5, 0.6) is 0 Å². The Morgan fingerprint density at radius 3 is 3.00 bits per heavy atom. The van der Waals surface area contributed by atoms with Crippen LogP contribution in [-0.4, -0.2) is 47.8 Å². The Bertz CT molecular complexity index is 553. The zero-order chi connectivity index (χ0) is 14.8.